The molecule has 1 aliphatic rings. The molecule has 7 heteroatoms. The fourth-order valence-electron chi connectivity index (χ4n) is 4.17. The minimum absolute atomic E-state index is 0.109. The maximum atomic E-state index is 13.8. The van der Waals surface area contributed by atoms with Crippen LogP contribution in [-0.2, 0) is 11.3 Å². The van der Waals surface area contributed by atoms with Gasteiger partial charge in [-0.1, -0.05) is 49.2 Å². The van der Waals surface area contributed by atoms with Crippen LogP contribution in [0.4, 0.5) is 0 Å². The second kappa shape index (κ2) is 9.75. The Labute approximate surface area is 191 Å². The van der Waals surface area contributed by atoms with Crippen LogP contribution in [0.5, 0.6) is 0 Å². The first-order valence-electron chi connectivity index (χ1n) is 10.7. The summed E-state index contributed by atoms with van der Waals surface area (Å²) in [6.45, 7) is 4.14. The number of benzene rings is 1. The van der Waals surface area contributed by atoms with E-state index in [9.17, 15) is 9.59 Å². The van der Waals surface area contributed by atoms with E-state index in [-0.39, 0.29) is 17.9 Å². The van der Waals surface area contributed by atoms with Crippen LogP contribution >= 0.6 is 22.7 Å². The summed E-state index contributed by atoms with van der Waals surface area (Å²) in [6, 6.07) is 13.1. The molecule has 3 aromatic rings. The van der Waals surface area contributed by atoms with Crippen molar-refractivity contribution in [1.29, 1.82) is 0 Å². The van der Waals surface area contributed by atoms with E-state index in [0.717, 1.165) is 41.1 Å². The van der Waals surface area contributed by atoms with Gasteiger partial charge in [-0.05, 0) is 43.7 Å². The van der Waals surface area contributed by atoms with E-state index in [0.29, 0.717) is 17.1 Å². The molecule has 1 atom stereocenters. The van der Waals surface area contributed by atoms with Gasteiger partial charge in [0.25, 0.3) is 5.91 Å². The Morgan fingerprint density at radius 3 is 2.48 bits per heavy atom. The minimum Gasteiger partial charge on any atom is -0.351 e. The highest BCUT2D eigenvalue weighted by Gasteiger charge is 2.35. The number of carbonyl (C=O) groups excluding carboxylic acids is 2. The summed E-state index contributed by atoms with van der Waals surface area (Å²) in [7, 11) is 0. The molecule has 1 N–H and O–H groups in total. The molecule has 1 fully saturated rings. The number of carbonyl (C=O) groups is 2. The molecular weight excluding hydrogens is 426 g/mol. The average Bonchev–Trinajstić information content (AvgIpc) is 3.51. The Morgan fingerprint density at radius 1 is 1.13 bits per heavy atom. The van der Waals surface area contributed by atoms with Gasteiger partial charge in [0.05, 0.1) is 17.2 Å². The lowest BCUT2D eigenvalue weighted by atomic mass is 10.0. The highest BCUT2D eigenvalue weighted by molar-refractivity contribution is 7.13. The van der Waals surface area contributed by atoms with Gasteiger partial charge < -0.3 is 10.2 Å². The number of hydrogen-bond acceptors (Lipinski definition) is 5. The van der Waals surface area contributed by atoms with Gasteiger partial charge in [0.1, 0.15) is 10.9 Å². The van der Waals surface area contributed by atoms with Crippen molar-refractivity contribution in [2.75, 3.05) is 0 Å². The third-order valence-electron chi connectivity index (χ3n) is 5.64. The van der Waals surface area contributed by atoms with Crippen molar-refractivity contribution in [3.8, 4) is 0 Å². The van der Waals surface area contributed by atoms with Crippen molar-refractivity contribution < 1.29 is 9.59 Å². The predicted octanol–water partition coefficient (Wildman–Crippen LogP) is 5.26. The fourth-order valence-corrected chi connectivity index (χ4v) is 5.75. The van der Waals surface area contributed by atoms with Crippen LogP contribution in [0.3, 0.4) is 0 Å². The number of thiazole rings is 1. The van der Waals surface area contributed by atoms with E-state index in [1.807, 2.05) is 61.7 Å². The van der Waals surface area contributed by atoms with Gasteiger partial charge in [-0.3, -0.25) is 9.59 Å². The number of rotatable bonds is 7. The average molecular weight is 454 g/mol. The molecule has 1 aliphatic carbocycles. The van der Waals surface area contributed by atoms with Gasteiger partial charge >= 0.3 is 0 Å². The van der Waals surface area contributed by atoms with Crippen LogP contribution < -0.4 is 5.32 Å². The molecule has 0 unspecified atom stereocenters. The molecule has 0 bridgehead atoms. The first-order chi connectivity index (χ1) is 15.0. The maximum absolute atomic E-state index is 13.8. The summed E-state index contributed by atoms with van der Waals surface area (Å²) < 4.78 is 0. The third-order valence-corrected chi connectivity index (χ3v) is 7.56. The van der Waals surface area contributed by atoms with Crippen LogP contribution in [0, 0.1) is 13.8 Å². The predicted molar refractivity (Wildman–Crippen MR) is 125 cm³/mol. The van der Waals surface area contributed by atoms with Gasteiger partial charge in [-0.25, -0.2) is 4.98 Å². The minimum atomic E-state index is -0.696. The number of hydrogen-bond donors (Lipinski definition) is 1. The van der Waals surface area contributed by atoms with E-state index >= 15 is 0 Å². The number of amides is 2. The first-order valence-corrected chi connectivity index (χ1v) is 12.3. The standard InChI is InChI=1S/C24H27N3O2S2/c1-16-22(31-17(2)25-16)24(29)27(15-20-13-8-14-30-20)21(18-9-4-3-5-10-18)23(28)26-19-11-6-7-12-19/h3-5,8-10,13-14,19,21H,6-7,11-12,15H2,1-2H3,(H,26,28)/t21-/m1/s1. The molecule has 1 aromatic carbocycles. The molecule has 0 aliphatic heterocycles. The van der Waals surface area contributed by atoms with Gasteiger partial charge in [-0.2, -0.15) is 0 Å². The smallest absolute Gasteiger partial charge is 0.267 e. The van der Waals surface area contributed by atoms with Crippen LogP contribution in [-0.4, -0.2) is 27.7 Å². The van der Waals surface area contributed by atoms with Crippen LogP contribution in [0.1, 0.15) is 62.5 Å². The van der Waals surface area contributed by atoms with E-state index < -0.39 is 6.04 Å². The van der Waals surface area contributed by atoms with Gasteiger partial charge in [0.2, 0.25) is 5.91 Å². The van der Waals surface area contributed by atoms with Crippen LogP contribution in [0.15, 0.2) is 47.8 Å². The molecule has 0 saturated heterocycles. The monoisotopic (exact) mass is 453 g/mol. The number of aryl methyl sites for hydroxylation is 2. The maximum Gasteiger partial charge on any atom is 0.267 e. The second-order valence-corrected chi connectivity index (χ2v) is 10.2. The molecule has 5 nitrogen and oxygen atoms in total. The molecular formula is C24H27N3O2S2. The molecule has 0 spiro atoms. The Kier molecular flexibility index (Phi) is 6.83. The van der Waals surface area contributed by atoms with Crippen molar-refractivity contribution in [2.24, 2.45) is 0 Å². The van der Waals surface area contributed by atoms with E-state index in [1.165, 1.54) is 11.3 Å². The highest BCUT2D eigenvalue weighted by Crippen LogP contribution is 2.30. The highest BCUT2D eigenvalue weighted by atomic mass is 32.1. The normalized spacial score (nSPS) is 15.0. The van der Waals surface area contributed by atoms with Gasteiger partial charge in [0, 0.05) is 10.9 Å². The molecule has 31 heavy (non-hydrogen) atoms. The van der Waals surface area contributed by atoms with E-state index in [4.69, 9.17) is 0 Å². The Balaban J connectivity index is 1.73. The number of aromatic nitrogens is 1. The van der Waals surface area contributed by atoms with E-state index in [1.54, 1.807) is 16.2 Å². The fraction of sp³-hybridized carbons (Fsp3) is 0.375. The zero-order valence-corrected chi connectivity index (χ0v) is 19.5. The summed E-state index contributed by atoms with van der Waals surface area (Å²) in [4.78, 5) is 35.2. The summed E-state index contributed by atoms with van der Waals surface area (Å²) in [5, 5.41) is 6.07. The first kappa shape index (κ1) is 21.7. The zero-order chi connectivity index (χ0) is 21.8. The van der Waals surface area contributed by atoms with Gasteiger partial charge in [-0.15, -0.1) is 22.7 Å². The number of thiophene rings is 1. The van der Waals surface area contributed by atoms with E-state index in [2.05, 4.69) is 10.3 Å². The summed E-state index contributed by atoms with van der Waals surface area (Å²) in [5.74, 6) is -0.256. The van der Waals surface area contributed by atoms with Crippen molar-refractivity contribution >= 4 is 34.5 Å². The third kappa shape index (κ3) is 5.05. The Bertz CT molecular complexity index is 1020. The largest absolute Gasteiger partial charge is 0.351 e. The Hall–Kier alpha value is -2.51. The number of nitrogens with one attached hydrogen (secondary N) is 1. The Morgan fingerprint density at radius 2 is 1.87 bits per heavy atom. The molecule has 2 aromatic heterocycles. The number of nitrogens with zero attached hydrogens (tertiary/aromatic N) is 2. The topological polar surface area (TPSA) is 62.3 Å². The SMILES string of the molecule is Cc1nc(C)c(C(=O)N(Cc2cccs2)[C@@H](C(=O)NC2CCCC2)c2ccccc2)s1. The quantitative estimate of drug-likeness (QED) is 0.530. The van der Waals surface area contributed by atoms with Crippen molar-refractivity contribution in [3.63, 3.8) is 0 Å². The molecule has 162 valence electrons. The lowest BCUT2D eigenvalue weighted by molar-refractivity contribution is -0.126. The lowest BCUT2D eigenvalue weighted by Crippen LogP contribution is -2.45. The van der Waals surface area contributed by atoms with Crippen molar-refractivity contribution in [2.45, 2.75) is 58.2 Å². The lowest BCUT2D eigenvalue weighted by Gasteiger charge is -2.32. The van der Waals surface area contributed by atoms with Gasteiger partial charge in [0.15, 0.2) is 0 Å². The van der Waals surface area contributed by atoms with Crippen LogP contribution in [0.2, 0.25) is 0 Å². The van der Waals surface area contributed by atoms with Crippen LogP contribution in [0.25, 0.3) is 0 Å². The molecule has 2 amide bonds. The molecule has 0 radical (unpaired) electrons. The summed E-state index contributed by atoms with van der Waals surface area (Å²) in [6.07, 6.45) is 4.27. The molecule has 1 saturated carbocycles. The zero-order valence-electron chi connectivity index (χ0n) is 17.8. The van der Waals surface area contributed by atoms with Crippen molar-refractivity contribution in [1.82, 2.24) is 15.2 Å². The summed E-state index contributed by atoms with van der Waals surface area (Å²) in [5.41, 5.74) is 1.54. The molecule has 2 heterocycles. The second-order valence-electron chi connectivity index (χ2n) is 7.96. The van der Waals surface area contributed by atoms with Crippen molar-refractivity contribution in [3.05, 3.63) is 73.9 Å². The summed E-state index contributed by atoms with van der Waals surface area (Å²) >= 11 is 2.98. The molecule has 4 rings (SSSR count).